The van der Waals surface area contributed by atoms with E-state index in [1.54, 1.807) is 4.90 Å². The number of anilines is 1. The summed E-state index contributed by atoms with van der Waals surface area (Å²) >= 11 is 0. The molecule has 0 unspecified atom stereocenters. The molecule has 40 heavy (non-hydrogen) atoms. The van der Waals surface area contributed by atoms with Crippen molar-refractivity contribution in [3.8, 4) is 11.6 Å². The molecular formula is C30H44FN7O2. The van der Waals surface area contributed by atoms with Gasteiger partial charge in [-0.2, -0.15) is 0 Å². The number of hydrogen-bond acceptors (Lipinski definition) is 8. The van der Waals surface area contributed by atoms with Crippen LogP contribution < -0.4 is 15.4 Å². The van der Waals surface area contributed by atoms with E-state index < -0.39 is 5.82 Å². The fourth-order valence-electron chi connectivity index (χ4n) is 6.80. The third-order valence-corrected chi connectivity index (χ3v) is 9.28. The summed E-state index contributed by atoms with van der Waals surface area (Å²) in [7, 11) is 0. The number of benzene rings is 1. The van der Waals surface area contributed by atoms with Crippen molar-refractivity contribution in [1.29, 1.82) is 0 Å². The van der Waals surface area contributed by atoms with Crippen LogP contribution in [0.15, 0.2) is 24.5 Å². The molecule has 5 rings (SSSR count). The summed E-state index contributed by atoms with van der Waals surface area (Å²) in [6.45, 7) is 11.4. The zero-order chi connectivity index (χ0) is 28.3. The molecule has 1 spiro atoms. The van der Waals surface area contributed by atoms with Crippen LogP contribution in [0.5, 0.6) is 11.6 Å². The number of ether oxygens (including phenoxy) is 1. The molecule has 3 aliphatic rings. The van der Waals surface area contributed by atoms with Crippen LogP contribution in [0.25, 0.3) is 0 Å². The monoisotopic (exact) mass is 553 g/mol. The minimum Gasteiger partial charge on any atom is -0.434 e. The SMILES string of the molecule is CCN(C(=O)c1cc(F)ccc1Oc1nncnc1N1CC[C@@H](CN2CCC3(CCC(N)CC3)CC2)C1)C(C)C. The zero-order valence-corrected chi connectivity index (χ0v) is 24.2. The van der Waals surface area contributed by atoms with E-state index in [1.807, 2.05) is 20.8 Å². The first-order valence-electron chi connectivity index (χ1n) is 15.0. The molecule has 1 saturated carbocycles. The highest BCUT2D eigenvalue weighted by Crippen LogP contribution is 2.44. The van der Waals surface area contributed by atoms with E-state index in [9.17, 15) is 9.18 Å². The Morgan fingerprint density at radius 2 is 1.93 bits per heavy atom. The van der Waals surface area contributed by atoms with Crippen molar-refractivity contribution in [2.75, 3.05) is 44.2 Å². The molecular weight excluding hydrogens is 509 g/mol. The molecule has 10 heteroatoms. The number of nitrogens with zero attached hydrogens (tertiary/aromatic N) is 6. The molecule has 9 nitrogen and oxygen atoms in total. The van der Waals surface area contributed by atoms with Crippen LogP contribution in [0.3, 0.4) is 0 Å². The number of amides is 1. The summed E-state index contributed by atoms with van der Waals surface area (Å²) in [5.74, 6) is 0.830. The topological polar surface area (TPSA) is 101 Å². The van der Waals surface area contributed by atoms with Crippen molar-refractivity contribution in [2.24, 2.45) is 17.1 Å². The predicted octanol–water partition coefficient (Wildman–Crippen LogP) is 4.48. The van der Waals surface area contributed by atoms with Crippen LogP contribution >= 0.6 is 0 Å². The third-order valence-electron chi connectivity index (χ3n) is 9.28. The van der Waals surface area contributed by atoms with Gasteiger partial charge in [-0.15, -0.1) is 10.2 Å². The minimum absolute atomic E-state index is 0.0321. The fraction of sp³-hybridized carbons (Fsp3) is 0.667. The fourth-order valence-corrected chi connectivity index (χ4v) is 6.80. The molecule has 218 valence electrons. The molecule has 0 bridgehead atoms. The number of halogens is 1. The van der Waals surface area contributed by atoms with Gasteiger partial charge < -0.3 is 25.2 Å². The summed E-state index contributed by atoms with van der Waals surface area (Å²) in [6.07, 6.45) is 10.00. The Morgan fingerprint density at radius 1 is 1.18 bits per heavy atom. The highest BCUT2D eigenvalue weighted by molar-refractivity contribution is 5.97. The van der Waals surface area contributed by atoms with Crippen LogP contribution in [0, 0.1) is 17.2 Å². The number of rotatable bonds is 8. The molecule has 1 aliphatic carbocycles. The average molecular weight is 554 g/mol. The first kappa shape index (κ1) is 28.7. The number of carbonyl (C=O) groups excluding carboxylic acids is 1. The van der Waals surface area contributed by atoms with Gasteiger partial charge in [-0.25, -0.2) is 9.37 Å². The van der Waals surface area contributed by atoms with Crippen LogP contribution in [-0.4, -0.2) is 82.2 Å². The van der Waals surface area contributed by atoms with Gasteiger partial charge >= 0.3 is 0 Å². The first-order chi connectivity index (χ1) is 19.3. The van der Waals surface area contributed by atoms with E-state index in [2.05, 4.69) is 25.0 Å². The Hall–Kier alpha value is -2.85. The van der Waals surface area contributed by atoms with Gasteiger partial charge in [0.15, 0.2) is 5.82 Å². The van der Waals surface area contributed by atoms with Crippen LogP contribution in [0.4, 0.5) is 10.2 Å². The van der Waals surface area contributed by atoms with Crippen molar-refractivity contribution in [3.05, 3.63) is 35.9 Å². The van der Waals surface area contributed by atoms with E-state index in [4.69, 9.17) is 10.5 Å². The second-order valence-corrected chi connectivity index (χ2v) is 12.3. The van der Waals surface area contributed by atoms with Gasteiger partial charge in [0.2, 0.25) is 0 Å². The van der Waals surface area contributed by atoms with Crippen molar-refractivity contribution in [3.63, 3.8) is 0 Å². The largest absolute Gasteiger partial charge is 0.434 e. The lowest BCUT2D eigenvalue weighted by atomic mass is 9.67. The summed E-state index contributed by atoms with van der Waals surface area (Å²) < 4.78 is 20.4. The summed E-state index contributed by atoms with van der Waals surface area (Å²) in [5.41, 5.74) is 6.85. The number of likely N-dealkylation sites (tertiary alicyclic amines) is 1. The molecule has 1 atom stereocenters. The summed E-state index contributed by atoms with van der Waals surface area (Å²) in [4.78, 5) is 24.3. The highest BCUT2D eigenvalue weighted by Gasteiger charge is 2.38. The second-order valence-electron chi connectivity index (χ2n) is 12.3. The maximum Gasteiger partial charge on any atom is 0.282 e. The van der Waals surface area contributed by atoms with Crippen molar-refractivity contribution >= 4 is 11.7 Å². The van der Waals surface area contributed by atoms with E-state index in [1.165, 1.54) is 76.1 Å². The van der Waals surface area contributed by atoms with Gasteiger partial charge in [-0.1, -0.05) is 0 Å². The maximum absolute atomic E-state index is 14.2. The normalized spacial score (nSPS) is 21.8. The molecule has 1 aromatic heterocycles. The Balaban J connectivity index is 1.23. The lowest BCUT2D eigenvalue weighted by molar-refractivity contribution is 0.0567. The Kier molecular flexibility index (Phi) is 8.85. The lowest BCUT2D eigenvalue weighted by Crippen LogP contribution is -2.45. The van der Waals surface area contributed by atoms with E-state index in [-0.39, 0.29) is 29.1 Å². The van der Waals surface area contributed by atoms with Gasteiger partial charge in [0.05, 0.1) is 5.56 Å². The average Bonchev–Trinajstić information content (AvgIpc) is 3.41. The lowest BCUT2D eigenvalue weighted by Gasteiger charge is -2.46. The molecule has 0 radical (unpaired) electrons. The van der Waals surface area contributed by atoms with Crippen LogP contribution in [0.1, 0.15) is 76.1 Å². The molecule has 1 aromatic carbocycles. The number of hydrogen-bond donors (Lipinski definition) is 1. The molecule has 2 aliphatic heterocycles. The molecule has 3 fully saturated rings. The predicted molar refractivity (Wildman–Crippen MR) is 153 cm³/mol. The highest BCUT2D eigenvalue weighted by atomic mass is 19.1. The van der Waals surface area contributed by atoms with Gasteiger partial charge in [0.1, 0.15) is 17.9 Å². The zero-order valence-electron chi connectivity index (χ0n) is 24.2. The number of aromatic nitrogens is 3. The minimum atomic E-state index is -0.494. The van der Waals surface area contributed by atoms with Crippen molar-refractivity contribution < 1.29 is 13.9 Å². The van der Waals surface area contributed by atoms with Gasteiger partial charge in [0.25, 0.3) is 11.8 Å². The van der Waals surface area contributed by atoms with Crippen molar-refractivity contribution in [1.82, 2.24) is 25.0 Å². The Labute approximate surface area is 237 Å². The van der Waals surface area contributed by atoms with E-state index in [0.717, 1.165) is 26.1 Å². The van der Waals surface area contributed by atoms with Crippen molar-refractivity contribution in [2.45, 2.75) is 77.8 Å². The molecule has 2 saturated heterocycles. The quantitative estimate of drug-likeness (QED) is 0.511. The molecule has 1 amide bonds. The second kappa shape index (κ2) is 12.3. The first-order valence-corrected chi connectivity index (χ1v) is 15.0. The van der Waals surface area contributed by atoms with Gasteiger partial charge in [0, 0.05) is 38.3 Å². The molecule has 2 aromatic rings. The molecule has 3 heterocycles. The Morgan fingerprint density at radius 3 is 2.62 bits per heavy atom. The standard InChI is InChI=1S/C30H44FN7O2/c1-4-38(21(2)3)29(39)25-17-23(31)5-6-26(25)40-28-27(33-20-34-35-28)37-14-9-22(19-37)18-36-15-12-30(13-16-36)10-7-24(32)8-11-30/h5-6,17,20-22,24H,4,7-16,18-19,32H2,1-3H3/t22-/m0/s1. The van der Waals surface area contributed by atoms with Gasteiger partial charge in [-0.05, 0) is 108 Å². The third kappa shape index (κ3) is 6.38. The number of carbonyl (C=O) groups is 1. The van der Waals surface area contributed by atoms with E-state index in [0.29, 0.717) is 29.7 Å². The maximum atomic E-state index is 14.2. The van der Waals surface area contributed by atoms with E-state index >= 15 is 0 Å². The van der Waals surface area contributed by atoms with Crippen LogP contribution in [0.2, 0.25) is 0 Å². The number of piperidine rings is 1. The summed E-state index contributed by atoms with van der Waals surface area (Å²) in [6, 6.07) is 4.36. The van der Waals surface area contributed by atoms with Crippen LogP contribution in [-0.2, 0) is 0 Å². The molecule has 2 N–H and O–H groups in total. The smallest absolute Gasteiger partial charge is 0.282 e. The Bertz CT molecular complexity index is 1160. The van der Waals surface area contributed by atoms with Gasteiger partial charge in [-0.3, -0.25) is 4.79 Å². The number of nitrogens with two attached hydrogens (primary N) is 1. The summed E-state index contributed by atoms with van der Waals surface area (Å²) in [5, 5.41) is 8.17.